The summed E-state index contributed by atoms with van der Waals surface area (Å²) in [5.41, 5.74) is 14.7. The fourth-order valence-corrected chi connectivity index (χ4v) is 10.8. The number of hydrogen-bond donors (Lipinski definition) is 0. The van der Waals surface area contributed by atoms with E-state index in [1.807, 2.05) is 0 Å². The van der Waals surface area contributed by atoms with Gasteiger partial charge in [-0.05, 0) is 115 Å². The molecule has 52 heavy (non-hydrogen) atoms. The van der Waals surface area contributed by atoms with Gasteiger partial charge in [0.25, 0.3) is 0 Å². The summed E-state index contributed by atoms with van der Waals surface area (Å²) in [5.74, 6) is 2.32. The van der Waals surface area contributed by atoms with Crippen molar-refractivity contribution in [3.8, 4) is 28.3 Å². The predicted molar refractivity (Wildman–Crippen MR) is 209 cm³/mol. The van der Waals surface area contributed by atoms with Crippen molar-refractivity contribution in [3.63, 3.8) is 0 Å². The van der Waals surface area contributed by atoms with Gasteiger partial charge in [0, 0.05) is 40.0 Å². The Kier molecular flexibility index (Phi) is 7.02. The lowest BCUT2D eigenvalue weighted by molar-refractivity contribution is -0.0458. The van der Waals surface area contributed by atoms with E-state index in [4.69, 9.17) is 9.47 Å². The van der Waals surface area contributed by atoms with Gasteiger partial charge in [-0.3, -0.25) is 0 Å². The number of fused-ring (bicyclic) bond motifs is 11. The Hall–Kier alpha value is -5.12. The van der Waals surface area contributed by atoms with E-state index in [1.54, 1.807) is 11.1 Å². The quantitative estimate of drug-likeness (QED) is 0.177. The first-order valence-corrected chi connectivity index (χ1v) is 19.5. The molecule has 5 atom stereocenters. The van der Waals surface area contributed by atoms with Crippen molar-refractivity contribution in [2.45, 2.75) is 74.9 Å². The third-order valence-corrected chi connectivity index (χ3v) is 12.9. The molecule has 5 unspecified atom stereocenters. The zero-order valence-corrected chi connectivity index (χ0v) is 29.5. The Balaban J connectivity index is 1.12. The van der Waals surface area contributed by atoms with Crippen LogP contribution in [0.15, 0.2) is 145 Å². The molecule has 4 aromatic carbocycles. The molecule has 11 rings (SSSR count). The minimum atomic E-state index is -0.397. The lowest BCUT2D eigenvalue weighted by Crippen LogP contribution is -2.55. The maximum absolute atomic E-state index is 7.14. The Bertz CT molecular complexity index is 2340. The molecule has 0 radical (unpaired) electrons. The average Bonchev–Trinajstić information content (AvgIpc) is 3.56. The molecule has 5 aromatic rings. The summed E-state index contributed by atoms with van der Waals surface area (Å²) in [7, 11) is 0. The second kappa shape index (κ2) is 12.0. The smallest absolute Gasteiger partial charge is 0.132 e. The van der Waals surface area contributed by atoms with Gasteiger partial charge in [-0.1, -0.05) is 109 Å². The van der Waals surface area contributed by atoms with Crippen molar-refractivity contribution in [3.05, 3.63) is 178 Å². The summed E-state index contributed by atoms with van der Waals surface area (Å²) in [6, 6.07) is 37.5. The Morgan fingerprint density at radius 1 is 0.731 bits per heavy atom. The number of benzene rings is 4. The number of aromatic nitrogens is 1. The Morgan fingerprint density at radius 3 is 2.44 bits per heavy atom. The Labute approximate surface area is 306 Å². The van der Waals surface area contributed by atoms with Crippen LogP contribution in [0.5, 0.6) is 11.5 Å². The highest BCUT2D eigenvalue weighted by Gasteiger charge is 2.58. The lowest BCUT2D eigenvalue weighted by atomic mass is 9.54. The molecule has 3 heteroatoms. The molecule has 4 aliphatic carbocycles. The van der Waals surface area contributed by atoms with Gasteiger partial charge in [-0.15, -0.1) is 0 Å². The monoisotopic (exact) mass is 677 g/mol. The maximum Gasteiger partial charge on any atom is 0.132 e. The molecule has 0 N–H and O–H groups in total. The summed E-state index contributed by atoms with van der Waals surface area (Å²) >= 11 is 0. The zero-order chi connectivity index (χ0) is 34.2. The standard InChI is InChI=1S/C49H43NO2/c1-3-14-32(15-4-1)33-26-28-40-47(31-33)52-45-25-12-9-21-39(45)49(40)38-20-8-11-24-44(38)51-46-29-27-34(30-41(46)49)36-19-13-23-43-48(36)37-18-7-10-22-42(37)50(43)35-16-5-2-6-17-35/h1-6,9,12-17,20-21,23,25-31,36,41,44,46H,7-8,10-11,18-19,22,24H2. The van der Waals surface area contributed by atoms with Gasteiger partial charge < -0.3 is 14.0 Å². The number of ether oxygens (including phenoxy) is 2. The van der Waals surface area contributed by atoms with Gasteiger partial charge in [0.05, 0.1) is 17.6 Å². The normalized spacial score (nSPS) is 26.5. The molecule has 0 amide bonds. The second-order valence-electron chi connectivity index (χ2n) is 15.5. The third kappa shape index (κ3) is 4.42. The summed E-state index contributed by atoms with van der Waals surface area (Å²) in [5, 5.41) is 0. The van der Waals surface area contributed by atoms with E-state index in [2.05, 4.69) is 144 Å². The van der Waals surface area contributed by atoms with Crippen molar-refractivity contribution < 1.29 is 9.47 Å². The van der Waals surface area contributed by atoms with E-state index in [-0.39, 0.29) is 18.1 Å². The van der Waals surface area contributed by atoms with Crippen LogP contribution < -0.4 is 4.74 Å². The van der Waals surface area contributed by atoms with Crippen molar-refractivity contribution in [2.24, 2.45) is 5.92 Å². The van der Waals surface area contributed by atoms with Crippen LogP contribution in [0.2, 0.25) is 0 Å². The summed E-state index contributed by atoms with van der Waals surface area (Å²) in [6.07, 6.45) is 24.0. The summed E-state index contributed by atoms with van der Waals surface area (Å²) < 4.78 is 16.6. The third-order valence-electron chi connectivity index (χ3n) is 12.9. The van der Waals surface area contributed by atoms with Gasteiger partial charge >= 0.3 is 0 Å². The molecule has 0 bridgehead atoms. The van der Waals surface area contributed by atoms with E-state index in [1.165, 1.54) is 63.3 Å². The average molecular weight is 678 g/mol. The fourth-order valence-electron chi connectivity index (χ4n) is 10.8. The highest BCUT2D eigenvalue weighted by Crippen LogP contribution is 2.62. The van der Waals surface area contributed by atoms with E-state index in [0.29, 0.717) is 5.92 Å². The first-order valence-electron chi connectivity index (χ1n) is 19.5. The number of hydrogen-bond acceptors (Lipinski definition) is 2. The van der Waals surface area contributed by atoms with Crippen molar-refractivity contribution >= 4 is 6.08 Å². The highest BCUT2D eigenvalue weighted by molar-refractivity contribution is 5.73. The largest absolute Gasteiger partial charge is 0.457 e. The summed E-state index contributed by atoms with van der Waals surface area (Å²) in [6.45, 7) is 0. The minimum Gasteiger partial charge on any atom is -0.457 e. The van der Waals surface area contributed by atoms with Gasteiger partial charge in [0.1, 0.15) is 11.5 Å². The van der Waals surface area contributed by atoms with E-state index in [0.717, 1.165) is 50.0 Å². The molecule has 6 aliphatic rings. The van der Waals surface area contributed by atoms with Crippen LogP contribution in [0.3, 0.4) is 0 Å². The van der Waals surface area contributed by atoms with Crippen molar-refractivity contribution in [2.75, 3.05) is 0 Å². The lowest BCUT2D eigenvalue weighted by Gasteiger charge is -2.55. The van der Waals surface area contributed by atoms with Crippen LogP contribution in [0.4, 0.5) is 0 Å². The van der Waals surface area contributed by atoms with Gasteiger partial charge in [0.2, 0.25) is 0 Å². The molecule has 0 saturated carbocycles. The van der Waals surface area contributed by atoms with E-state index < -0.39 is 5.41 Å². The zero-order valence-electron chi connectivity index (χ0n) is 29.5. The fraction of sp³-hybridized carbons (Fsp3) is 0.265. The Morgan fingerprint density at radius 2 is 1.54 bits per heavy atom. The number of para-hydroxylation sites is 2. The van der Waals surface area contributed by atoms with Gasteiger partial charge in [0.15, 0.2) is 0 Å². The second-order valence-corrected chi connectivity index (χ2v) is 15.5. The number of allylic oxidation sites excluding steroid dienone is 4. The molecule has 1 aromatic heterocycles. The van der Waals surface area contributed by atoms with Crippen LogP contribution in [0.1, 0.15) is 78.1 Å². The van der Waals surface area contributed by atoms with Crippen LogP contribution in [-0.2, 0) is 23.0 Å². The van der Waals surface area contributed by atoms with Crippen LogP contribution in [0.25, 0.3) is 22.9 Å². The van der Waals surface area contributed by atoms with Crippen LogP contribution in [-0.4, -0.2) is 16.8 Å². The minimum absolute atomic E-state index is 0.0294. The molecule has 256 valence electrons. The molecule has 1 fully saturated rings. The van der Waals surface area contributed by atoms with Crippen LogP contribution in [0, 0.1) is 5.92 Å². The number of rotatable bonds is 3. The molecule has 3 heterocycles. The molecule has 3 nitrogen and oxygen atoms in total. The predicted octanol–water partition coefficient (Wildman–Crippen LogP) is 11.6. The van der Waals surface area contributed by atoms with Crippen molar-refractivity contribution in [1.82, 2.24) is 4.57 Å². The summed E-state index contributed by atoms with van der Waals surface area (Å²) in [4.78, 5) is 0. The topological polar surface area (TPSA) is 23.4 Å². The maximum atomic E-state index is 7.14. The molecule has 2 aliphatic heterocycles. The molecular formula is C49H43NO2. The van der Waals surface area contributed by atoms with Crippen LogP contribution >= 0.6 is 0 Å². The molecular weight excluding hydrogens is 635 g/mol. The van der Waals surface area contributed by atoms with Gasteiger partial charge in [-0.25, -0.2) is 0 Å². The first-order chi connectivity index (χ1) is 25.8. The first kappa shape index (κ1) is 30.5. The number of nitrogens with zero attached hydrogens (tertiary/aromatic N) is 1. The van der Waals surface area contributed by atoms with E-state index >= 15 is 0 Å². The van der Waals surface area contributed by atoms with Crippen molar-refractivity contribution in [1.29, 1.82) is 0 Å². The molecule has 1 saturated heterocycles. The SMILES string of the molecule is C1=Cc2c(c3c(n2-c2ccccc2)CCCC3)C(C2=CC3C(C=C2)OC2CCCC=C2C32c3ccccc3Oc3cc(-c4ccccc4)ccc32)C1. The van der Waals surface area contributed by atoms with E-state index in [9.17, 15) is 0 Å². The molecule has 1 spiro atoms. The highest BCUT2D eigenvalue weighted by atomic mass is 16.5. The van der Waals surface area contributed by atoms with Gasteiger partial charge in [-0.2, -0.15) is 0 Å².